The van der Waals surface area contributed by atoms with Crippen LogP contribution in [0.25, 0.3) is 0 Å². The molecule has 2 aromatic rings. The fourth-order valence-corrected chi connectivity index (χ4v) is 1.52. The Labute approximate surface area is 122 Å². The van der Waals surface area contributed by atoms with E-state index < -0.39 is 41.1 Å². The molecule has 1 atom stereocenters. The number of nitrogens with one attached hydrogen (secondary N) is 1. The molecule has 22 heavy (non-hydrogen) atoms. The highest BCUT2D eigenvalue weighted by Crippen LogP contribution is 2.20. The Bertz CT molecular complexity index is 700. The fourth-order valence-electron chi connectivity index (χ4n) is 1.52. The van der Waals surface area contributed by atoms with E-state index in [1.807, 2.05) is 5.32 Å². The minimum atomic E-state index is -1.71. The first-order valence-electron chi connectivity index (χ1n) is 6.09. The summed E-state index contributed by atoms with van der Waals surface area (Å²) in [6, 6.07) is 4.31. The van der Waals surface area contributed by atoms with E-state index in [0.29, 0.717) is 6.07 Å². The van der Waals surface area contributed by atoms with Crippen LogP contribution >= 0.6 is 0 Å². The first-order valence-corrected chi connectivity index (χ1v) is 6.09. The summed E-state index contributed by atoms with van der Waals surface area (Å²) < 4.78 is 48.8. The van der Waals surface area contributed by atoms with Crippen molar-refractivity contribution in [2.24, 2.45) is 0 Å². The maximum atomic E-state index is 13.4. The third-order valence-electron chi connectivity index (χ3n) is 2.67. The van der Waals surface area contributed by atoms with Gasteiger partial charge in [-0.2, -0.15) is 0 Å². The highest BCUT2D eigenvalue weighted by Gasteiger charge is 2.22. The second kappa shape index (κ2) is 6.33. The highest BCUT2D eigenvalue weighted by molar-refractivity contribution is 5.96. The van der Waals surface area contributed by atoms with Crippen molar-refractivity contribution in [1.82, 2.24) is 0 Å². The van der Waals surface area contributed by atoms with Gasteiger partial charge in [0.05, 0.1) is 12.0 Å². The van der Waals surface area contributed by atoms with Crippen LogP contribution in [0, 0.1) is 17.5 Å². The second-order valence-electron chi connectivity index (χ2n) is 4.24. The van der Waals surface area contributed by atoms with E-state index in [4.69, 9.17) is 9.15 Å². The number of carbonyl (C=O) groups is 2. The zero-order valence-electron chi connectivity index (χ0n) is 11.2. The lowest BCUT2D eigenvalue weighted by Crippen LogP contribution is -2.30. The molecule has 1 amide bonds. The van der Waals surface area contributed by atoms with Gasteiger partial charge >= 0.3 is 5.97 Å². The smallest absolute Gasteiger partial charge is 0.374 e. The van der Waals surface area contributed by atoms with E-state index in [2.05, 4.69) is 0 Å². The van der Waals surface area contributed by atoms with Crippen molar-refractivity contribution < 1.29 is 31.9 Å². The first kappa shape index (κ1) is 15.6. The lowest BCUT2D eigenvalue weighted by Gasteiger charge is -2.13. The van der Waals surface area contributed by atoms with Crippen molar-refractivity contribution in [3.05, 3.63) is 53.7 Å². The monoisotopic (exact) mass is 313 g/mol. The zero-order valence-corrected chi connectivity index (χ0v) is 11.2. The molecular weight excluding hydrogens is 303 g/mol. The molecule has 0 aliphatic rings. The molecule has 0 fully saturated rings. The van der Waals surface area contributed by atoms with Gasteiger partial charge in [-0.05, 0) is 31.2 Å². The van der Waals surface area contributed by atoms with Crippen LogP contribution in [0.4, 0.5) is 18.9 Å². The van der Waals surface area contributed by atoms with Crippen molar-refractivity contribution in [3.63, 3.8) is 0 Å². The van der Waals surface area contributed by atoms with Crippen LogP contribution in [0.3, 0.4) is 0 Å². The van der Waals surface area contributed by atoms with Crippen LogP contribution in [-0.4, -0.2) is 18.0 Å². The SMILES string of the molecule is C[C@@H](OC(=O)c1ccco1)C(=O)Nc1ccc(F)c(F)c1F. The zero-order chi connectivity index (χ0) is 16.3. The second-order valence-corrected chi connectivity index (χ2v) is 4.24. The maximum Gasteiger partial charge on any atom is 0.374 e. The Morgan fingerprint density at radius 1 is 1.18 bits per heavy atom. The molecule has 0 radical (unpaired) electrons. The van der Waals surface area contributed by atoms with E-state index in [1.165, 1.54) is 25.3 Å². The molecule has 1 heterocycles. The predicted octanol–water partition coefficient (Wildman–Crippen LogP) is 2.88. The fraction of sp³-hybridized carbons (Fsp3) is 0.143. The molecule has 1 aromatic heterocycles. The molecule has 0 saturated heterocycles. The van der Waals surface area contributed by atoms with Crippen molar-refractivity contribution in [2.45, 2.75) is 13.0 Å². The quantitative estimate of drug-likeness (QED) is 0.696. The van der Waals surface area contributed by atoms with Crippen molar-refractivity contribution in [1.29, 1.82) is 0 Å². The number of furan rings is 1. The summed E-state index contributed by atoms with van der Waals surface area (Å²) in [4.78, 5) is 23.3. The Balaban J connectivity index is 2.03. The van der Waals surface area contributed by atoms with Crippen LogP contribution in [0.1, 0.15) is 17.5 Å². The van der Waals surface area contributed by atoms with Gasteiger partial charge in [-0.15, -0.1) is 0 Å². The number of rotatable bonds is 4. The summed E-state index contributed by atoms with van der Waals surface area (Å²) in [6.45, 7) is 1.23. The average molecular weight is 313 g/mol. The summed E-state index contributed by atoms with van der Waals surface area (Å²) in [5.74, 6) is -6.55. The number of ether oxygens (including phenoxy) is 1. The van der Waals surface area contributed by atoms with Crippen LogP contribution in [0.5, 0.6) is 0 Å². The molecule has 2 rings (SSSR count). The van der Waals surface area contributed by atoms with Gasteiger partial charge in [0.25, 0.3) is 5.91 Å². The summed E-state index contributed by atoms with van der Waals surface area (Å²) >= 11 is 0. The number of anilines is 1. The topological polar surface area (TPSA) is 68.5 Å². The normalized spacial score (nSPS) is 11.8. The summed E-state index contributed by atoms with van der Waals surface area (Å²) in [7, 11) is 0. The molecular formula is C14H10F3NO4. The number of hydrogen-bond donors (Lipinski definition) is 1. The van der Waals surface area contributed by atoms with Crippen molar-refractivity contribution in [2.75, 3.05) is 5.32 Å². The molecule has 0 unspecified atom stereocenters. The summed E-state index contributed by atoms with van der Waals surface area (Å²) in [5.41, 5.74) is -0.565. The molecule has 0 aliphatic carbocycles. The molecule has 1 aromatic carbocycles. The molecule has 0 spiro atoms. The lowest BCUT2D eigenvalue weighted by atomic mass is 10.2. The number of carbonyl (C=O) groups excluding carboxylic acids is 2. The van der Waals surface area contributed by atoms with Gasteiger partial charge in [0, 0.05) is 0 Å². The summed E-state index contributed by atoms with van der Waals surface area (Å²) in [6.07, 6.45) is -0.0528. The van der Waals surface area contributed by atoms with Gasteiger partial charge in [0.1, 0.15) is 0 Å². The molecule has 8 heteroatoms. The predicted molar refractivity (Wildman–Crippen MR) is 68.5 cm³/mol. The molecule has 0 bridgehead atoms. The Morgan fingerprint density at radius 2 is 1.91 bits per heavy atom. The molecule has 0 saturated carbocycles. The van der Waals surface area contributed by atoms with Gasteiger partial charge in [-0.25, -0.2) is 18.0 Å². The number of benzene rings is 1. The van der Waals surface area contributed by atoms with Crippen LogP contribution in [0.2, 0.25) is 0 Å². The maximum absolute atomic E-state index is 13.4. The molecule has 0 aliphatic heterocycles. The first-order chi connectivity index (χ1) is 10.4. The minimum absolute atomic E-state index is 0.112. The van der Waals surface area contributed by atoms with Crippen LogP contribution < -0.4 is 5.32 Å². The third kappa shape index (κ3) is 3.27. The minimum Gasteiger partial charge on any atom is -0.457 e. The van der Waals surface area contributed by atoms with E-state index >= 15 is 0 Å². The molecule has 1 N–H and O–H groups in total. The van der Waals surface area contributed by atoms with Gasteiger partial charge in [0.15, 0.2) is 23.6 Å². The molecule has 5 nitrogen and oxygen atoms in total. The van der Waals surface area contributed by atoms with Crippen LogP contribution in [0.15, 0.2) is 34.9 Å². The Kier molecular flexibility index (Phi) is 4.50. The number of amides is 1. The van der Waals surface area contributed by atoms with E-state index in [1.54, 1.807) is 0 Å². The van der Waals surface area contributed by atoms with E-state index in [0.717, 1.165) is 6.07 Å². The van der Waals surface area contributed by atoms with E-state index in [9.17, 15) is 22.8 Å². The number of hydrogen-bond acceptors (Lipinski definition) is 4. The molecule has 116 valence electrons. The van der Waals surface area contributed by atoms with Crippen molar-refractivity contribution >= 4 is 17.6 Å². The standard InChI is InChI=1S/C14H10F3NO4/c1-7(22-14(20)10-3-2-6-21-10)13(19)18-9-5-4-8(15)11(16)12(9)17/h2-7H,1H3,(H,18,19)/t7-/m1/s1. The van der Waals surface area contributed by atoms with Crippen molar-refractivity contribution in [3.8, 4) is 0 Å². The van der Waals surface area contributed by atoms with Gasteiger partial charge in [-0.1, -0.05) is 0 Å². The third-order valence-corrected chi connectivity index (χ3v) is 2.67. The number of halogens is 3. The lowest BCUT2D eigenvalue weighted by molar-refractivity contribution is -0.123. The summed E-state index contributed by atoms with van der Waals surface area (Å²) in [5, 5.41) is 2.00. The van der Waals surface area contributed by atoms with Gasteiger partial charge < -0.3 is 14.5 Å². The largest absolute Gasteiger partial charge is 0.457 e. The van der Waals surface area contributed by atoms with Gasteiger partial charge in [-0.3, -0.25) is 4.79 Å². The average Bonchev–Trinajstić information content (AvgIpc) is 3.02. The number of esters is 1. The van der Waals surface area contributed by atoms with Crippen LogP contribution in [-0.2, 0) is 9.53 Å². The Hall–Kier alpha value is -2.77. The van der Waals surface area contributed by atoms with E-state index in [-0.39, 0.29) is 5.76 Å². The van der Waals surface area contributed by atoms with Gasteiger partial charge in [0.2, 0.25) is 5.76 Å². The highest BCUT2D eigenvalue weighted by atomic mass is 19.2. The Morgan fingerprint density at radius 3 is 2.55 bits per heavy atom.